The molecule has 0 aliphatic heterocycles. The molecule has 0 amide bonds. The number of pyridine rings is 1. The smallest absolute Gasteiger partial charge is 0.146 e. The molecule has 0 fully saturated rings. The molecular formula is C20H21N3O. The van der Waals surface area contributed by atoms with Gasteiger partial charge >= 0.3 is 0 Å². The molecule has 24 heavy (non-hydrogen) atoms. The van der Waals surface area contributed by atoms with Crippen molar-refractivity contribution in [1.82, 2.24) is 4.98 Å². The van der Waals surface area contributed by atoms with Gasteiger partial charge in [-0.05, 0) is 54.7 Å². The number of aromatic nitrogens is 1. The highest BCUT2D eigenvalue weighted by atomic mass is 16.5. The van der Waals surface area contributed by atoms with Gasteiger partial charge in [-0.2, -0.15) is 5.10 Å². The number of rotatable bonds is 6. The molecule has 0 saturated heterocycles. The van der Waals surface area contributed by atoms with Gasteiger partial charge in [-0.3, -0.25) is 5.43 Å². The fraction of sp³-hybridized carbons (Fsp3) is 0.200. The molecule has 4 nitrogen and oxygen atoms in total. The molecule has 1 heterocycles. The Morgan fingerprint density at radius 3 is 3.00 bits per heavy atom. The Bertz CT molecular complexity index is 761. The maximum Gasteiger partial charge on any atom is 0.146 e. The lowest BCUT2D eigenvalue weighted by molar-refractivity contribution is 0.354. The maximum absolute atomic E-state index is 5.85. The Hall–Kier alpha value is -2.88. The second-order valence-corrected chi connectivity index (χ2v) is 5.71. The van der Waals surface area contributed by atoms with Crippen molar-refractivity contribution < 1.29 is 4.74 Å². The van der Waals surface area contributed by atoms with Crippen LogP contribution in [0.3, 0.4) is 0 Å². The summed E-state index contributed by atoms with van der Waals surface area (Å²) in [6.07, 6.45) is 12.3. The second-order valence-electron chi connectivity index (χ2n) is 5.71. The van der Waals surface area contributed by atoms with E-state index in [9.17, 15) is 0 Å². The van der Waals surface area contributed by atoms with Crippen LogP contribution in [-0.4, -0.2) is 17.8 Å². The Balaban J connectivity index is 1.56. The monoisotopic (exact) mass is 319 g/mol. The van der Waals surface area contributed by atoms with Gasteiger partial charge in [0.2, 0.25) is 0 Å². The Kier molecular flexibility index (Phi) is 5.40. The number of nitrogens with one attached hydrogen (secondary N) is 1. The third-order valence-electron chi connectivity index (χ3n) is 3.64. The first-order valence-electron chi connectivity index (χ1n) is 8.10. The SMILES string of the molecule is Cc1ccc(N/N=C/c2cccc(OCC3=CCCC=C3)c2)nc1. The van der Waals surface area contributed by atoms with Gasteiger partial charge in [0, 0.05) is 6.20 Å². The number of hydrazone groups is 1. The van der Waals surface area contributed by atoms with E-state index in [1.807, 2.05) is 43.3 Å². The van der Waals surface area contributed by atoms with Gasteiger partial charge in [-0.25, -0.2) is 4.98 Å². The highest BCUT2D eigenvalue weighted by Crippen LogP contribution is 2.15. The minimum atomic E-state index is 0.600. The van der Waals surface area contributed by atoms with Crippen molar-refractivity contribution in [1.29, 1.82) is 0 Å². The number of hydrogen-bond acceptors (Lipinski definition) is 4. The van der Waals surface area contributed by atoms with Crippen molar-refractivity contribution in [3.8, 4) is 5.75 Å². The number of aryl methyl sites for hydroxylation is 1. The van der Waals surface area contributed by atoms with Crippen LogP contribution < -0.4 is 10.2 Å². The number of nitrogens with zero attached hydrogens (tertiary/aromatic N) is 2. The predicted octanol–water partition coefficient (Wildman–Crippen LogP) is 4.49. The van der Waals surface area contributed by atoms with Crippen molar-refractivity contribution in [2.75, 3.05) is 12.0 Å². The zero-order valence-corrected chi connectivity index (χ0v) is 13.8. The molecule has 1 aromatic heterocycles. The summed E-state index contributed by atoms with van der Waals surface area (Å²) in [7, 11) is 0. The molecule has 4 heteroatoms. The summed E-state index contributed by atoms with van der Waals surface area (Å²) in [5.41, 5.74) is 6.25. The van der Waals surface area contributed by atoms with Crippen LogP contribution in [0.4, 0.5) is 5.82 Å². The first-order valence-corrected chi connectivity index (χ1v) is 8.10. The quantitative estimate of drug-likeness (QED) is 0.630. The highest BCUT2D eigenvalue weighted by molar-refractivity contribution is 5.80. The van der Waals surface area contributed by atoms with Crippen molar-refractivity contribution in [2.45, 2.75) is 19.8 Å². The lowest BCUT2D eigenvalue weighted by Gasteiger charge is -2.09. The molecule has 0 atom stereocenters. The van der Waals surface area contributed by atoms with Crippen LogP contribution in [0.25, 0.3) is 0 Å². The first-order chi connectivity index (χ1) is 11.8. The number of anilines is 1. The van der Waals surface area contributed by atoms with Gasteiger partial charge < -0.3 is 4.74 Å². The topological polar surface area (TPSA) is 46.5 Å². The van der Waals surface area contributed by atoms with E-state index in [0.29, 0.717) is 6.61 Å². The first kappa shape index (κ1) is 16.0. The maximum atomic E-state index is 5.85. The molecular weight excluding hydrogens is 298 g/mol. The third kappa shape index (κ3) is 4.81. The van der Waals surface area contributed by atoms with E-state index in [4.69, 9.17) is 4.74 Å². The van der Waals surface area contributed by atoms with Crippen LogP contribution in [0, 0.1) is 6.92 Å². The van der Waals surface area contributed by atoms with Crippen molar-refractivity contribution in [3.05, 3.63) is 77.5 Å². The van der Waals surface area contributed by atoms with Crippen molar-refractivity contribution >= 4 is 12.0 Å². The summed E-state index contributed by atoms with van der Waals surface area (Å²) in [6, 6.07) is 11.8. The van der Waals surface area contributed by atoms with Crippen LogP contribution in [0.1, 0.15) is 24.0 Å². The number of hydrogen-bond donors (Lipinski definition) is 1. The summed E-state index contributed by atoms with van der Waals surface area (Å²) in [5, 5.41) is 4.22. The van der Waals surface area contributed by atoms with E-state index < -0.39 is 0 Å². The Morgan fingerprint density at radius 1 is 1.25 bits per heavy atom. The fourth-order valence-corrected chi connectivity index (χ4v) is 2.33. The normalized spacial score (nSPS) is 13.8. The van der Waals surface area contributed by atoms with Gasteiger partial charge in [-0.15, -0.1) is 0 Å². The van der Waals surface area contributed by atoms with Gasteiger partial charge in [0.05, 0.1) is 6.21 Å². The standard InChI is InChI=1S/C20H21N3O/c1-16-10-11-20(21-13-16)23-22-14-18-8-5-9-19(12-18)24-15-17-6-3-2-4-7-17/h3,5-14H,2,4,15H2,1H3,(H,21,23)/b22-14+. The molecule has 0 saturated carbocycles. The molecule has 3 rings (SSSR count). The van der Waals surface area contributed by atoms with E-state index in [0.717, 1.165) is 35.5 Å². The van der Waals surface area contributed by atoms with Crippen LogP contribution in [0.15, 0.2) is 71.5 Å². The zero-order valence-electron chi connectivity index (χ0n) is 13.8. The zero-order chi connectivity index (χ0) is 16.6. The van der Waals surface area contributed by atoms with Gasteiger partial charge in [0.15, 0.2) is 0 Å². The second kappa shape index (κ2) is 8.11. The highest BCUT2D eigenvalue weighted by Gasteiger charge is 2.00. The molecule has 1 N–H and O–H groups in total. The Labute approximate surface area is 142 Å². The summed E-state index contributed by atoms with van der Waals surface area (Å²) < 4.78 is 5.85. The molecule has 122 valence electrons. The fourth-order valence-electron chi connectivity index (χ4n) is 2.33. The van der Waals surface area contributed by atoms with E-state index >= 15 is 0 Å². The van der Waals surface area contributed by atoms with E-state index in [1.165, 1.54) is 5.57 Å². The van der Waals surface area contributed by atoms with Crippen LogP contribution in [0.5, 0.6) is 5.75 Å². The summed E-state index contributed by atoms with van der Waals surface area (Å²) in [4.78, 5) is 4.25. The minimum absolute atomic E-state index is 0.600. The molecule has 0 spiro atoms. The molecule has 2 aromatic rings. The largest absolute Gasteiger partial charge is 0.489 e. The van der Waals surface area contributed by atoms with Gasteiger partial charge in [0.25, 0.3) is 0 Å². The summed E-state index contributed by atoms with van der Waals surface area (Å²) >= 11 is 0. The van der Waals surface area contributed by atoms with Crippen LogP contribution in [0.2, 0.25) is 0 Å². The Morgan fingerprint density at radius 2 is 2.21 bits per heavy atom. The van der Waals surface area contributed by atoms with Crippen molar-refractivity contribution in [2.24, 2.45) is 5.10 Å². The van der Waals surface area contributed by atoms with E-state index in [-0.39, 0.29) is 0 Å². The summed E-state index contributed by atoms with van der Waals surface area (Å²) in [5.74, 6) is 1.56. The lowest BCUT2D eigenvalue weighted by atomic mass is 10.1. The average molecular weight is 319 g/mol. The minimum Gasteiger partial charge on any atom is -0.489 e. The molecule has 0 radical (unpaired) electrons. The molecule has 1 aliphatic rings. The average Bonchev–Trinajstić information content (AvgIpc) is 2.63. The molecule has 0 unspecified atom stereocenters. The van der Waals surface area contributed by atoms with Crippen LogP contribution in [-0.2, 0) is 0 Å². The molecule has 0 bridgehead atoms. The molecule has 1 aromatic carbocycles. The number of allylic oxidation sites excluding steroid dienone is 2. The number of ether oxygens (including phenoxy) is 1. The third-order valence-corrected chi connectivity index (χ3v) is 3.64. The van der Waals surface area contributed by atoms with Crippen LogP contribution >= 0.6 is 0 Å². The van der Waals surface area contributed by atoms with Gasteiger partial charge in [0.1, 0.15) is 18.2 Å². The van der Waals surface area contributed by atoms with Gasteiger partial charge in [-0.1, -0.05) is 36.4 Å². The van der Waals surface area contributed by atoms with E-state index in [2.05, 4.69) is 33.7 Å². The van der Waals surface area contributed by atoms with E-state index in [1.54, 1.807) is 12.4 Å². The molecule has 1 aliphatic carbocycles. The predicted molar refractivity (Wildman–Crippen MR) is 98.6 cm³/mol. The number of benzene rings is 1. The lowest BCUT2D eigenvalue weighted by Crippen LogP contribution is -2.01. The summed E-state index contributed by atoms with van der Waals surface area (Å²) in [6.45, 7) is 2.60. The van der Waals surface area contributed by atoms with Crippen molar-refractivity contribution in [3.63, 3.8) is 0 Å².